The zero-order chi connectivity index (χ0) is 10.1. The second kappa shape index (κ2) is 8.10. The highest BCUT2D eigenvalue weighted by molar-refractivity contribution is 4.95. The first-order chi connectivity index (χ1) is 6.20. The summed E-state index contributed by atoms with van der Waals surface area (Å²) < 4.78 is 5.51. The Kier molecular flexibility index (Phi) is 7.77. The Hall–Kier alpha value is -0.520. The van der Waals surface area contributed by atoms with Gasteiger partial charge in [0.15, 0.2) is 0 Å². The van der Waals surface area contributed by atoms with Crippen LogP contribution in [0.25, 0.3) is 0 Å². The van der Waals surface area contributed by atoms with Gasteiger partial charge in [0.05, 0.1) is 12.7 Å². The maximum atomic E-state index is 5.51. The smallest absolute Gasteiger partial charge is 0.0623 e. The molecule has 0 aliphatic carbocycles. The Morgan fingerprint density at radius 2 is 2.08 bits per heavy atom. The molecule has 0 aliphatic heterocycles. The van der Waals surface area contributed by atoms with Gasteiger partial charge >= 0.3 is 0 Å². The minimum Gasteiger partial charge on any atom is -0.377 e. The van der Waals surface area contributed by atoms with Crippen LogP contribution in [-0.4, -0.2) is 25.8 Å². The molecule has 0 aromatic carbocycles. The summed E-state index contributed by atoms with van der Waals surface area (Å²) in [5.74, 6) is 5.95. The van der Waals surface area contributed by atoms with E-state index in [4.69, 9.17) is 4.74 Å². The fraction of sp³-hybridized carbons (Fsp3) is 0.818. The van der Waals surface area contributed by atoms with Crippen LogP contribution in [0.1, 0.15) is 33.6 Å². The molecule has 0 heterocycles. The van der Waals surface area contributed by atoms with E-state index in [0.29, 0.717) is 12.1 Å². The zero-order valence-corrected chi connectivity index (χ0v) is 9.18. The van der Waals surface area contributed by atoms with E-state index < -0.39 is 0 Å². The maximum absolute atomic E-state index is 5.51. The highest BCUT2D eigenvalue weighted by Crippen LogP contribution is 1.98. The second-order valence-electron chi connectivity index (χ2n) is 3.33. The SMILES string of the molecule is CC#CCCC(COC(C)C)NC. The predicted molar refractivity (Wildman–Crippen MR) is 56.6 cm³/mol. The Morgan fingerprint density at radius 1 is 1.38 bits per heavy atom. The number of ether oxygens (including phenoxy) is 1. The van der Waals surface area contributed by atoms with Crippen LogP contribution in [-0.2, 0) is 4.74 Å². The molecule has 0 aliphatic rings. The van der Waals surface area contributed by atoms with Gasteiger partial charge in [-0.3, -0.25) is 0 Å². The minimum absolute atomic E-state index is 0.313. The van der Waals surface area contributed by atoms with E-state index in [1.807, 2.05) is 14.0 Å². The lowest BCUT2D eigenvalue weighted by atomic mass is 10.2. The number of hydrogen-bond acceptors (Lipinski definition) is 2. The van der Waals surface area contributed by atoms with E-state index in [9.17, 15) is 0 Å². The van der Waals surface area contributed by atoms with Gasteiger partial charge in [-0.1, -0.05) is 0 Å². The van der Waals surface area contributed by atoms with Gasteiger partial charge < -0.3 is 10.1 Å². The van der Waals surface area contributed by atoms with E-state index >= 15 is 0 Å². The van der Waals surface area contributed by atoms with Gasteiger partial charge in [0.2, 0.25) is 0 Å². The zero-order valence-electron chi connectivity index (χ0n) is 9.18. The lowest BCUT2D eigenvalue weighted by Crippen LogP contribution is -2.31. The molecule has 0 saturated carbocycles. The Morgan fingerprint density at radius 3 is 2.54 bits per heavy atom. The molecule has 0 bridgehead atoms. The topological polar surface area (TPSA) is 21.3 Å². The molecule has 1 N–H and O–H groups in total. The molecule has 0 spiro atoms. The van der Waals surface area contributed by atoms with Gasteiger partial charge in [-0.25, -0.2) is 0 Å². The van der Waals surface area contributed by atoms with Crippen LogP contribution in [0.2, 0.25) is 0 Å². The molecular formula is C11H21NO. The van der Waals surface area contributed by atoms with Crippen molar-refractivity contribution in [3.63, 3.8) is 0 Å². The molecule has 2 nitrogen and oxygen atoms in total. The first kappa shape index (κ1) is 12.5. The van der Waals surface area contributed by atoms with Crippen molar-refractivity contribution in [2.45, 2.75) is 45.8 Å². The Bertz CT molecular complexity index is 167. The van der Waals surface area contributed by atoms with Crippen LogP contribution in [0.5, 0.6) is 0 Å². The normalized spacial score (nSPS) is 12.4. The maximum Gasteiger partial charge on any atom is 0.0623 e. The first-order valence-corrected chi connectivity index (χ1v) is 4.89. The van der Waals surface area contributed by atoms with E-state index in [2.05, 4.69) is 31.0 Å². The molecule has 76 valence electrons. The van der Waals surface area contributed by atoms with Crippen molar-refractivity contribution >= 4 is 0 Å². The third-order valence-corrected chi connectivity index (χ3v) is 1.83. The summed E-state index contributed by atoms with van der Waals surface area (Å²) in [6.07, 6.45) is 2.32. The molecule has 0 radical (unpaired) electrons. The minimum atomic E-state index is 0.313. The number of likely N-dealkylation sites (N-methyl/N-ethyl adjacent to an activating group) is 1. The number of rotatable bonds is 6. The fourth-order valence-electron chi connectivity index (χ4n) is 0.991. The number of hydrogen-bond donors (Lipinski definition) is 1. The predicted octanol–water partition coefficient (Wildman–Crippen LogP) is 1.80. The molecule has 0 amide bonds. The van der Waals surface area contributed by atoms with Crippen molar-refractivity contribution in [2.75, 3.05) is 13.7 Å². The van der Waals surface area contributed by atoms with Crippen LogP contribution in [0.15, 0.2) is 0 Å². The van der Waals surface area contributed by atoms with E-state index in [1.54, 1.807) is 0 Å². The molecule has 13 heavy (non-hydrogen) atoms. The molecule has 0 fully saturated rings. The molecule has 1 unspecified atom stereocenters. The summed E-state index contributed by atoms with van der Waals surface area (Å²) in [5, 5.41) is 3.22. The highest BCUT2D eigenvalue weighted by atomic mass is 16.5. The molecular weight excluding hydrogens is 162 g/mol. The fourth-order valence-corrected chi connectivity index (χ4v) is 0.991. The van der Waals surface area contributed by atoms with E-state index in [0.717, 1.165) is 19.4 Å². The van der Waals surface area contributed by atoms with E-state index in [-0.39, 0.29) is 0 Å². The van der Waals surface area contributed by atoms with Crippen LogP contribution >= 0.6 is 0 Å². The van der Waals surface area contributed by atoms with Crippen LogP contribution in [0.3, 0.4) is 0 Å². The van der Waals surface area contributed by atoms with Crippen LogP contribution in [0, 0.1) is 11.8 Å². The van der Waals surface area contributed by atoms with Gasteiger partial charge in [0.1, 0.15) is 0 Å². The molecule has 1 atom stereocenters. The summed E-state index contributed by atoms with van der Waals surface area (Å²) in [5.41, 5.74) is 0. The van der Waals surface area contributed by atoms with Gasteiger partial charge in [-0.15, -0.1) is 11.8 Å². The van der Waals surface area contributed by atoms with Gasteiger partial charge in [-0.2, -0.15) is 0 Å². The average Bonchev–Trinajstić information content (AvgIpc) is 2.10. The third-order valence-electron chi connectivity index (χ3n) is 1.83. The number of nitrogens with one attached hydrogen (secondary N) is 1. The van der Waals surface area contributed by atoms with Crippen LogP contribution in [0.4, 0.5) is 0 Å². The van der Waals surface area contributed by atoms with Crippen molar-refractivity contribution in [3.05, 3.63) is 0 Å². The van der Waals surface area contributed by atoms with Gasteiger partial charge in [-0.05, 0) is 34.2 Å². The summed E-state index contributed by atoms with van der Waals surface area (Å²) in [6.45, 7) is 6.76. The van der Waals surface area contributed by atoms with Gasteiger partial charge in [0.25, 0.3) is 0 Å². The van der Waals surface area contributed by atoms with Crippen molar-refractivity contribution in [2.24, 2.45) is 0 Å². The average molecular weight is 183 g/mol. The lowest BCUT2D eigenvalue weighted by Gasteiger charge is -2.16. The standard InChI is InChI=1S/C11H21NO/c1-5-6-7-8-11(12-4)9-13-10(2)3/h10-12H,7-9H2,1-4H3. The lowest BCUT2D eigenvalue weighted by molar-refractivity contribution is 0.0614. The molecule has 0 aromatic rings. The third kappa shape index (κ3) is 7.83. The van der Waals surface area contributed by atoms with Gasteiger partial charge in [0, 0.05) is 12.5 Å². The van der Waals surface area contributed by atoms with Crippen molar-refractivity contribution in [1.82, 2.24) is 5.32 Å². The summed E-state index contributed by atoms with van der Waals surface area (Å²) in [6, 6.07) is 0.434. The Labute approximate surface area is 82.1 Å². The first-order valence-electron chi connectivity index (χ1n) is 4.89. The highest BCUT2D eigenvalue weighted by Gasteiger charge is 2.05. The second-order valence-corrected chi connectivity index (χ2v) is 3.33. The van der Waals surface area contributed by atoms with Crippen molar-refractivity contribution in [1.29, 1.82) is 0 Å². The molecule has 0 saturated heterocycles. The molecule has 0 rings (SSSR count). The molecule has 2 heteroatoms. The van der Waals surface area contributed by atoms with E-state index in [1.165, 1.54) is 0 Å². The summed E-state index contributed by atoms with van der Waals surface area (Å²) in [4.78, 5) is 0. The largest absolute Gasteiger partial charge is 0.377 e. The van der Waals surface area contributed by atoms with Crippen LogP contribution < -0.4 is 5.32 Å². The quantitative estimate of drug-likeness (QED) is 0.634. The summed E-state index contributed by atoms with van der Waals surface area (Å²) in [7, 11) is 1.97. The van der Waals surface area contributed by atoms with Crippen molar-refractivity contribution < 1.29 is 4.74 Å². The monoisotopic (exact) mass is 183 g/mol. The van der Waals surface area contributed by atoms with Crippen molar-refractivity contribution in [3.8, 4) is 11.8 Å². The summed E-state index contributed by atoms with van der Waals surface area (Å²) >= 11 is 0. The Balaban J connectivity index is 3.54. The molecule has 0 aromatic heterocycles.